The van der Waals surface area contributed by atoms with Crippen molar-refractivity contribution in [3.8, 4) is 11.1 Å². The normalized spacial score (nSPS) is 10.5. The molecule has 0 aliphatic heterocycles. The average Bonchev–Trinajstić information content (AvgIpc) is 3.13. The predicted octanol–water partition coefficient (Wildman–Crippen LogP) is 4.71. The Morgan fingerprint density at radius 1 is 0.926 bits per heavy atom. The second-order valence-corrected chi connectivity index (χ2v) is 7.44. The second-order valence-electron chi connectivity index (χ2n) is 6.53. The number of thiophene rings is 1. The molecule has 1 aromatic heterocycles. The number of hydrogen-bond donors (Lipinski definition) is 2. The van der Waals surface area contributed by atoms with E-state index in [0.29, 0.717) is 4.88 Å². The monoisotopic (exact) mass is 378 g/mol. The van der Waals surface area contributed by atoms with Crippen LogP contribution >= 0.6 is 11.3 Å². The summed E-state index contributed by atoms with van der Waals surface area (Å²) in [4.78, 5) is 25.4. The standard InChI is InChI=1S/C22H22N2O2S/c1-14-7-9-17(10-8-14)18-11-12-27-21(18)22(26)23-13-19(25)24-20-15(2)5-4-6-16(20)3/h4-12H,13H2,1-3H3,(H,23,26)(H,24,25). The van der Waals surface area contributed by atoms with Crippen LogP contribution in [0.2, 0.25) is 0 Å². The van der Waals surface area contributed by atoms with E-state index in [1.54, 1.807) is 0 Å². The van der Waals surface area contributed by atoms with Gasteiger partial charge in [0.05, 0.1) is 11.4 Å². The van der Waals surface area contributed by atoms with E-state index < -0.39 is 0 Å². The Morgan fingerprint density at radius 3 is 2.26 bits per heavy atom. The van der Waals surface area contributed by atoms with E-state index in [1.807, 2.05) is 74.7 Å². The van der Waals surface area contributed by atoms with Gasteiger partial charge in [0.1, 0.15) is 0 Å². The fraction of sp³-hybridized carbons (Fsp3) is 0.182. The molecule has 1 heterocycles. The molecular formula is C22H22N2O2S. The number of aryl methyl sites for hydroxylation is 3. The van der Waals surface area contributed by atoms with Crippen molar-refractivity contribution in [2.24, 2.45) is 0 Å². The van der Waals surface area contributed by atoms with Crippen molar-refractivity contribution in [3.05, 3.63) is 75.5 Å². The lowest BCUT2D eigenvalue weighted by Gasteiger charge is -2.12. The van der Waals surface area contributed by atoms with Gasteiger partial charge in [-0.3, -0.25) is 9.59 Å². The summed E-state index contributed by atoms with van der Waals surface area (Å²) in [5, 5.41) is 7.50. The summed E-state index contributed by atoms with van der Waals surface area (Å²) in [7, 11) is 0. The zero-order chi connectivity index (χ0) is 19.4. The zero-order valence-electron chi connectivity index (χ0n) is 15.6. The highest BCUT2D eigenvalue weighted by atomic mass is 32.1. The maximum absolute atomic E-state index is 12.6. The highest BCUT2D eigenvalue weighted by Gasteiger charge is 2.16. The van der Waals surface area contributed by atoms with Gasteiger partial charge in [-0.25, -0.2) is 0 Å². The Morgan fingerprint density at radius 2 is 1.59 bits per heavy atom. The number of anilines is 1. The topological polar surface area (TPSA) is 58.2 Å². The molecule has 0 bridgehead atoms. The molecule has 5 heteroatoms. The van der Waals surface area contributed by atoms with Crippen molar-refractivity contribution < 1.29 is 9.59 Å². The maximum Gasteiger partial charge on any atom is 0.262 e. The van der Waals surface area contributed by atoms with Crippen LogP contribution in [0, 0.1) is 20.8 Å². The molecule has 0 saturated carbocycles. The van der Waals surface area contributed by atoms with Crippen LogP contribution in [-0.2, 0) is 4.79 Å². The molecule has 4 nitrogen and oxygen atoms in total. The molecule has 27 heavy (non-hydrogen) atoms. The Balaban J connectivity index is 1.66. The number of para-hydroxylation sites is 1. The third-order valence-corrected chi connectivity index (χ3v) is 5.30. The fourth-order valence-corrected chi connectivity index (χ4v) is 3.71. The molecular weight excluding hydrogens is 356 g/mol. The van der Waals surface area contributed by atoms with Crippen molar-refractivity contribution in [2.75, 3.05) is 11.9 Å². The lowest BCUT2D eigenvalue weighted by molar-refractivity contribution is -0.115. The van der Waals surface area contributed by atoms with Gasteiger partial charge in [-0.05, 0) is 48.9 Å². The quantitative estimate of drug-likeness (QED) is 0.675. The van der Waals surface area contributed by atoms with E-state index in [1.165, 1.54) is 16.9 Å². The molecule has 0 fully saturated rings. The van der Waals surface area contributed by atoms with Crippen LogP contribution in [0.5, 0.6) is 0 Å². The third kappa shape index (κ3) is 4.44. The van der Waals surface area contributed by atoms with Gasteiger partial charge in [0.15, 0.2) is 0 Å². The Kier molecular flexibility index (Phi) is 5.72. The zero-order valence-corrected chi connectivity index (χ0v) is 16.4. The summed E-state index contributed by atoms with van der Waals surface area (Å²) in [6.07, 6.45) is 0. The van der Waals surface area contributed by atoms with Crippen molar-refractivity contribution in [1.82, 2.24) is 5.32 Å². The fourth-order valence-electron chi connectivity index (χ4n) is 2.88. The van der Waals surface area contributed by atoms with Crippen LogP contribution in [0.25, 0.3) is 11.1 Å². The molecule has 138 valence electrons. The highest BCUT2D eigenvalue weighted by Crippen LogP contribution is 2.28. The number of amides is 2. The molecule has 0 atom stereocenters. The number of rotatable bonds is 5. The number of hydrogen-bond acceptors (Lipinski definition) is 3. The molecule has 0 aliphatic carbocycles. The minimum absolute atomic E-state index is 0.0716. The van der Waals surface area contributed by atoms with Crippen LogP contribution in [0.3, 0.4) is 0 Å². The number of nitrogens with one attached hydrogen (secondary N) is 2. The van der Waals surface area contributed by atoms with Gasteiger partial charge in [0.2, 0.25) is 5.91 Å². The van der Waals surface area contributed by atoms with Gasteiger partial charge in [-0.1, -0.05) is 48.0 Å². The summed E-state index contributed by atoms with van der Waals surface area (Å²) >= 11 is 1.37. The van der Waals surface area contributed by atoms with Crippen molar-refractivity contribution in [1.29, 1.82) is 0 Å². The van der Waals surface area contributed by atoms with Gasteiger partial charge in [-0.15, -0.1) is 11.3 Å². The Labute approximate surface area is 163 Å². The first-order valence-corrected chi connectivity index (χ1v) is 9.62. The largest absolute Gasteiger partial charge is 0.342 e. The predicted molar refractivity (Wildman–Crippen MR) is 111 cm³/mol. The molecule has 3 rings (SSSR count). The van der Waals surface area contributed by atoms with E-state index >= 15 is 0 Å². The van der Waals surface area contributed by atoms with Crippen LogP contribution in [0.15, 0.2) is 53.9 Å². The minimum Gasteiger partial charge on any atom is -0.342 e. The molecule has 2 amide bonds. The highest BCUT2D eigenvalue weighted by molar-refractivity contribution is 7.12. The molecule has 2 aromatic carbocycles. The number of benzene rings is 2. The third-order valence-electron chi connectivity index (χ3n) is 4.39. The first-order valence-electron chi connectivity index (χ1n) is 8.74. The van der Waals surface area contributed by atoms with E-state index in [9.17, 15) is 9.59 Å². The van der Waals surface area contributed by atoms with Crippen LogP contribution < -0.4 is 10.6 Å². The van der Waals surface area contributed by atoms with E-state index in [4.69, 9.17) is 0 Å². The summed E-state index contributed by atoms with van der Waals surface area (Å²) in [6.45, 7) is 5.85. The molecule has 0 unspecified atom stereocenters. The van der Waals surface area contributed by atoms with Gasteiger partial charge in [-0.2, -0.15) is 0 Å². The minimum atomic E-state index is -0.241. The summed E-state index contributed by atoms with van der Waals surface area (Å²) in [6, 6.07) is 15.8. The lowest BCUT2D eigenvalue weighted by Crippen LogP contribution is -2.33. The van der Waals surface area contributed by atoms with Gasteiger partial charge < -0.3 is 10.6 Å². The van der Waals surface area contributed by atoms with Crippen molar-refractivity contribution in [2.45, 2.75) is 20.8 Å². The SMILES string of the molecule is Cc1ccc(-c2ccsc2C(=O)NCC(=O)Nc2c(C)cccc2C)cc1. The maximum atomic E-state index is 12.6. The van der Waals surface area contributed by atoms with E-state index in [2.05, 4.69) is 10.6 Å². The van der Waals surface area contributed by atoms with Crippen molar-refractivity contribution >= 4 is 28.8 Å². The Hall–Kier alpha value is -2.92. The molecule has 3 aromatic rings. The van der Waals surface area contributed by atoms with Crippen molar-refractivity contribution in [3.63, 3.8) is 0 Å². The first kappa shape index (κ1) is 18.9. The molecule has 0 radical (unpaired) electrons. The summed E-state index contributed by atoms with van der Waals surface area (Å²) in [5.74, 6) is -0.480. The van der Waals surface area contributed by atoms with Crippen LogP contribution in [0.1, 0.15) is 26.4 Å². The Bertz CT molecular complexity index is 954. The van der Waals surface area contributed by atoms with Gasteiger partial charge in [0, 0.05) is 11.3 Å². The summed E-state index contributed by atoms with van der Waals surface area (Å²) in [5.41, 5.74) is 5.83. The number of carbonyl (C=O) groups excluding carboxylic acids is 2. The first-order chi connectivity index (χ1) is 13.0. The van der Waals surface area contributed by atoms with Crippen LogP contribution in [0.4, 0.5) is 5.69 Å². The molecule has 0 aliphatic rings. The van der Waals surface area contributed by atoms with E-state index in [0.717, 1.165) is 27.9 Å². The second kappa shape index (κ2) is 8.18. The van der Waals surface area contributed by atoms with Gasteiger partial charge >= 0.3 is 0 Å². The molecule has 0 saturated heterocycles. The molecule has 2 N–H and O–H groups in total. The van der Waals surface area contributed by atoms with Crippen LogP contribution in [-0.4, -0.2) is 18.4 Å². The lowest BCUT2D eigenvalue weighted by atomic mass is 10.0. The average molecular weight is 378 g/mol. The van der Waals surface area contributed by atoms with E-state index in [-0.39, 0.29) is 18.4 Å². The van der Waals surface area contributed by atoms with Gasteiger partial charge in [0.25, 0.3) is 5.91 Å². The molecule has 0 spiro atoms. The number of carbonyl (C=O) groups is 2. The smallest absolute Gasteiger partial charge is 0.262 e. The summed E-state index contributed by atoms with van der Waals surface area (Å²) < 4.78 is 0.